The maximum atomic E-state index is 13.7. The highest BCUT2D eigenvalue weighted by atomic mass is 32.2. The van der Waals surface area contributed by atoms with Gasteiger partial charge in [0, 0.05) is 18.8 Å². The van der Waals surface area contributed by atoms with Gasteiger partial charge in [-0.25, -0.2) is 8.42 Å². The van der Waals surface area contributed by atoms with E-state index in [-0.39, 0.29) is 23.1 Å². The molecule has 0 spiro atoms. The molecule has 4 rings (SSSR count). The molecule has 1 saturated heterocycles. The van der Waals surface area contributed by atoms with Gasteiger partial charge < -0.3 is 9.84 Å². The molecule has 7 nitrogen and oxygen atoms in total. The molecule has 0 saturated carbocycles. The van der Waals surface area contributed by atoms with Crippen molar-refractivity contribution in [3.05, 3.63) is 75.7 Å². The zero-order chi connectivity index (χ0) is 26.0. The van der Waals surface area contributed by atoms with Gasteiger partial charge in [0.05, 0.1) is 5.92 Å². The monoisotopic (exact) mass is 507 g/mol. The number of rotatable bonds is 6. The Labute approximate surface area is 213 Å². The molecule has 1 N–H and O–H groups in total. The molecule has 1 fully saturated rings. The third-order valence-electron chi connectivity index (χ3n) is 6.64. The molecule has 1 aromatic heterocycles. The lowest BCUT2D eigenvalue weighted by Gasteiger charge is -2.31. The van der Waals surface area contributed by atoms with Crippen molar-refractivity contribution in [1.29, 1.82) is 0 Å². The molecule has 1 unspecified atom stereocenters. The normalized spacial score (nSPS) is 17.0. The van der Waals surface area contributed by atoms with E-state index in [1.165, 1.54) is 9.87 Å². The molecule has 1 atom stereocenters. The lowest BCUT2D eigenvalue weighted by atomic mass is 9.98. The Hall–Kier alpha value is -3.23. The second-order valence-corrected chi connectivity index (χ2v) is 11.5. The fraction of sp³-hybridized carbons (Fsp3) is 0.357. The van der Waals surface area contributed by atoms with Gasteiger partial charge >= 0.3 is 0 Å². The number of carbonyl (C=O) groups excluding carboxylic acids is 1. The van der Waals surface area contributed by atoms with Crippen LogP contribution in [0.4, 0.5) is 5.69 Å². The van der Waals surface area contributed by atoms with Crippen LogP contribution in [0.25, 0.3) is 12.2 Å². The summed E-state index contributed by atoms with van der Waals surface area (Å²) in [6, 6.07) is 11.7. The summed E-state index contributed by atoms with van der Waals surface area (Å²) >= 11 is 0. The fourth-order valence-corrected chi connectivity index (χ4v) is 6.57. The molecule has 1 amide bonds. The summed E-state index contributed by atoms with van der Waals surface area (Å²) in [5.74, 6) is -0.420. The van der Waals surface area contributed by atoms with E-state index in [0.717, 1.165) is 22.3 Å². The highest BCUT2D eigenvalue weighted by Gasteiger charge is 2.37. The van der Waals surface area contributed by atoms with Gasteiger partial charge in [-0.3, -0.25) is 4.79 Å². The van der Waals surface area contributed by atoms with Crippen molar-refractivity contribution in [1.82, 2.24) is 9.46 Å². The van der Waals surface area contributed by atoms with Crippen LogP contribution in [0.1, 0.15) is 52.1 Å². The van der Waals surface area contributed by atoms with E-state index < -0.39 is 15.9 Å². The van der Waals surface area contributed by atoms with Gasteiger partial charge in [-0.05, 0) is 82.4 Å². The Morgan fingerprint density at radius 2 is 1.69 bits per heavy atom. The number of amides is 1. The van der Waals surface area contributed by atoms with Gasteiger partial charge in [-0.2, -0.15) is 4.31 Å². The Morgan fingerprint density at radius 1 is 1.03 bits per heavy atom. The summed E-state index contributed by atoms with van der Waals surface area (Å²) < 4.78 is 34.2. The van der Waals surface area contributed by atoms with Crippen molar-refractivity contribution in [3.8, 4) is 0 Å². The molecule has 2 aromatic carbocycles. The number of carbonyl (C=O) groups is 1. The minimum absolute atomic E-state index is 0.0563. The quantitative estimate of drug-likeness (QED) is 0.481. The summed E-state index contributed by atoms with van der Waals surface area (Å²) in [6.07, 6.45) is 4.77. The van der Waals surface area contributed by atoms with Crippen LogP contribution in [0.15, 0.2) is 45.8 Å². The molecule has 0 aliphatic carbocycles. The van der Waals surface area contributed by atoms with Crippen LogP contribution >= 0.6 is 0 Å². The summed E-state index contributed by atoms with van der Waals surface area (Å²) in [5, 5.41) is 6.87. The molecule has 8 heteroatoms. The number of aromatic nitrogens is 1. The van der Waals surface area contributed by atoms with Crippen LogP contribution in [0.2, 0.25) is 0 Å². The number of hydrogen-bond donors (Lipinski definition) is 1. The lowest BCUT2D eigenvalue weighted by Crippen LogP contribution is -2.43. The number of aryl methyl sites for hydroxylation is 5. The third-order valence-corrected chi connectivity index (χ3v) is 8.67. The number of nitrogens with one attached hydrogen (secondary N) is 1. The van der Waals surface area contributed by atoms with Crippen LogP contribution in [0.5, 0.6) is 0 Å². The highest BCUT2D eigenvalue weighted by molar-refractivity contribution is 7.89. The topological polar surface area (TPSA) is 92.5 Å². The zero-order valence-corrected chi connectivity index (χ0v) is 22.3. The second-order valence-electron chi connectivity index (χ2n) is 9.66. The first kappa shape index (κ1) is 25.9. The van der Waals surface area contributed by atoms with Gasteiger partial charge in [-0.1, -0.05) is 46.6 Å². The molecule has 36 heavy (non-hydrogen) atoms. The number of anilines is 1. The van der Waals surface area contributed by atoms with E-state index >= 15 is 0 Å². The zero-order valence-electron chi connectivity index (χ0n) is 21.5. The van der Waals surface area contributed by atoms with Gasteiger partial charge in [0.15, 0.2) is 10.7 Å². The number of piperidine rings is 1. The van der Waals surface area contributed by atoms with Crippen molar-refractivity contribution in [2.75, 3.05) is 18.4 Å². The van der Waals surface area contributed by atoms with E-state index in [1.807, 2.05) is 58.0 Å². The first-order valence-electron chi connectivity index (χ1n) is 12.2. The molecule has 1 aliphatic rings. The van der Waals surface area contributed by atoms with E-state index in [2.05, 4.69) is 22.6 Å². The van der Waals surface area contributed by atoms with Crippen LogP contribution in [0.3, 0.4) is 0 Å². The minimum atomic E-state index is -3.91. The molecular formula is C28H33N3O4S. The predicted octanol–water partition coefficient (Wildman–Crippen LogP) is 5.43. The molecule has 0 bridgehead atoms. The first-order chi connectivity index (χ1) is 17.1. The van der Waals surface area contributed by atoms with Crippen LogP contribution in [-0.2, 0) is 14.8 Å². The molecule has 1 aliphatic heterocycles. The van der Waals surface area contributed by atoms with Gasteiger partial charge in [0.2, 0.25) is 15.9 Å². The number of sulfonamides is 1. The SMILES string of the molecule is Cc1ccc(NC(=O)C2CCCN(S(=O)(=O)c3c(C)noc3/C=C/c3c(C)cc(C)cc3C)C2)cc1. The fourth-order valence-electron chi connectivity index (χ4n) is 4.80. The van der Waals surface area contributed by atoms with Gasteiger partial charge in [-0.15, -0.1) is 0 Å². The average molecular weight is 508 g/mol. The van der Waals surface area contributed by atoms with Crippen LogP contribution in [-0.4, -0.2) is 36.9 Å². The lowest BCUT2D eigenvalue weighted by molar-refractivity contribution is -0.120. The third kappa shape index (κ3) is 5.44. The second kappa shape index (κ2) is 10.4. The van der Waals surface area contributed by atoms with Gasteiger partial charge in [0.1, 0.15) is 5.69 Å². The number of nitrogens with zero attached hydrogens (tertiary/aromatic N) is 2. The Bertz CT molecular complexity index is 1380. The predicted molar refractivity (Wildman–Crippen MR) is 142 cm³/mol. The molecule has 0 radical (unpaired) electrons. The minimum Gasteiger partial charge on any atom is -0.355 e. The molecule has 3 aromatic rings. The number of benzene rings is 2. The first-order valence-corrected chi connectivity index (χ1v) is 13.6. The van der Waals surface area contributed by atoms with E-state index in [4.69, 9.17) is 4.52 Å². The van der Waals surface area contributed by atoms with Crippen molar-refractivity contribution < 1.29 is 17.7 Å². The molecular weight excluding hydrogens is 474 g/mol. The highest BCUT2D eigenvalue weighted by Crippen LogP contribution is 2.30. The Morgan fingerprint density at radius 3 is 2.36 bits per heavy atom. The van der Waals surface area contributed by atoms with Crippen molar-refractivity contribution >= 4 is 33.8 Å². The standard InChI is InChI=1S/C28H33N3O4S/c1-18-8-10-24(11-9-18)29-28(32)23-7-6-14-31(17-23)36(33,34)27-22(5)30-35-26(27)13-12-25-20(3)15-19(2)16-21(25)4/h8-13,15-16,23H,6-7,14,17H2,1-5H3,(H,29,32)/b13-12+. The van der Waals surface area contributed by atoms with Gasteiger partial charge in [0.25, 0.3) is 0 Å². The molecule has 2 heterocycles. The van der Waals surface area contributed by atoms with E-state index in [9.17, 15) is 13.2 Å². The summed E-state index contributed by atoms with van der Waals surface area (Å²) in [5.41, 5.74) is 6.50. The summed E-state index contributed by atoms with van der Waals surface area (Å²) in [4.78, 5) is 13.0. The Kier molecular flexibility index (Phi) is 7.47. The smallest absolute Gasteiger partial charge is 0.248 e. The maximum Gasteiger partial charge on any atom is 0.248 e. The van der Waals surface area contributed by atoms with Crippen LogP contribution in [0, 0.1) is 40.5 Å². The summed E-state index contributed by atoms with van der Waals surface area (Å²) in [6.45, 7) is 10.2. The average Bonchev–Trinajstić information content (AvgIpc) is 3.21. The van der Waals surface area contributed by atoms with Crippen molar-refractivity contribution in [2.45, 2.75) is 52.4 Å². The van der Waals surface area contributed by atoms with E-state index in [0.29, 0.717) is 30.8 Å². The van der Waals surface area contributed by atoms with Crippen molar-refractivity contribution in [3.63, 3.8) is 0 Å². The van der Waals surface area contributed by atoms with E-state index in [1.54, 1.807) is 13.0 Å². The van der Waals surface area contributed by atoms with Crippen molar-refractivity contribution in [2.24, 2.45) is 5.92 Å². The maximum absolute atomic E-state index is 13.7. The Balaban J connectivity index is 1.56. The molecule has 190 valence electrons. The largest absolute Gasteiger partial charge is 0.355 e. The van der Waals surface area contributed by atoms with Crippen LogP contribution < -0.4 is 5.32 Å². The number of hydrogen-bond acceptors (Lipinski definition) is 5. The summed E-state index contributed by atoms with van der Waals surface area (Å²) in [7, 11) is -3.91.